The van der Waals surface area contributed by atoms with Crippen LogP contribution in [0.15, 0.2) is 0 Å². The summed E-state index contributed by atoms with van der Waals surface area (Å²) in [5, 5.41) is 0. The fourth-order valence-corrected chi connectivity index (χ4v) is 3.20. The molecule has 1 fully saturated rings. The summed E-state index contributed by atoms with van der Waals surface area (Å²) in [6, 6.07) is 0.438. The minimum absolute atomic E-state index is 0.399. The lowest BCUT2D eigenvalue weighted by Gasteiger charge is -2.48. The molecule has 0 radical (unpaired) electrons. The Hall–Kier alpha value is -0.0400. The number of rotatable bonds is 0. The van der Waals surface area contributed by atoms with E-state index < -0.39 is 0 Å². The second-order valence-electron chi connectivity index (χ2n) is 7.52. The first-order valence-electron chi connectivity index (χ1n) is 6.38. The zero-order chi connectivity index (χ0) is 11.9. The first-order valence-corrected chi connectivity index (χ1v) is 6.38. The first-order chi connectivity index (χ1) is 6.62. The van der Waals surface area contributed by atoms with E-state index in [1.54, 1.807) is 0 Å². The molecule has 0 saturated heterocycles. The monoisotopic (exact) mass is 211 g/mol. The third-order valence-electron chi connectivity index (χ3n) is 4.12. The SMILES string of the molecule is CC(C)(C)C1CCC(N)CC1C(C)(C)C. The van der Waals surface area contributed by atoms with E-state index in [9.17, 15) is 0 Å². The molecule has 90 valence electrons. The van der Waals surface area contributed by atoms with Crippen LogP contribution in [0.4, 0.5) is 0 Å². The minimum Gasteiger partial charge on any atom is -0.328 e. The average molecular weight is 211 g/mol. The fraction of sp³-hybridized carbons (Fsp3) is 1.00. The summed E-state index contributed by atoms with van der Waals surface area (Å²) < 4.78 is 0. The Morgan fingerprint density at radius 3 is 1.67 bits per heavy atom. The van der Waals surface area contributed by atoms with Gasteiger partial charge in [0.05, 0.1) is 0 Å². The van der Waals surface area contributed by atoms with Crippen molar-refractivity contribution >= 4 is 0 Å². The number of hydrogen-bond acceptors (Lipinski definition) is 1. The van der Waals surface area contributed by atoms with Crippen molar-refractivity contribution in [1.82, 2.24) is 0 Å². The summed E-state index contributed by atoms with van der Waals surface area (Å²) in [5.41, 5.74) is 6.95. The van der Waals surface area contributed by atoms with Gasteiger partial charge < -0.3 is 5.73 Å². The number of nitrogens with two attached hydrogens (primary N) is 1. The third kappa shape index (κ3) is 3.21. The van der Waals surface area contributed by atoms with Crippen LogP contribution in [0.25, 0.3) is 0 Å². The molecule has 0 aromatic rings. The summed E-state index contributed by atoms with van der Waals surface area (Å²) in [5.74, 6) is 1.61. The van der Waals surface area contributed by atoms with E-state index in [4.69, 9.17) is 5.73 Å². The molecule has 1 rings (SSSR count). The Bertz CT molecular complexity index is 206. The fourth-order valence-electron chi connectivity index (χ4n) is 3.20. The smallest absolute Gasteiger partial charge is 0.00418 e. The van der Waals surface area contributed by atoms with Gasteiger partial charge in [0.1, 0.15) is 0 Å². The zero-order valence-electron chi connectivity index (χ0n) is 11.4. The number of hydrogen-bond donors (Lipinski definition) is 1. The van der Waals surface area contributed by atoms with Crippen LogP contribution in [0.1, 0.15) is 60.8 Å². The summed E-state index contributed by atoms with van der Waals surface area (Å²) in [7, 11) is 0. The van der Waals surface area contributed by atoms with E-state index in [2.05, 4.69) is 41.5 Å². The van der Waals surface area contributed by atoms with Crippen LogP contribution in [0.2, 0.25) is 0 Å². The van der Waals surface area contributed by atoms with E-state index in [1.807, 2.05) is 0 Å². The second kappa shape index (κ2) is 4.08. The van der Waals surface area contributed by atoms with Gasteiger partial charge >= 0.3 is 0 Å². The average Bonchev–Trinajstić information content (AvgIpc) is 2.00. The quantitative estimate of drug-likeness (QED) is 0.647. The van der Waals surface area contributed by atoms with Crippen LogP contribution < -0.4 is 5.73 Å². The van der Waals surface area contributed by atoms with Crippen LogP contribution in [0.5, 0.6) is 0 Å². The molecule has 0 aromatic heterocycles. The lowest BCUT2D eigenvalue weighted by Crippen LogP contribution is -2.44. The minimum atomic E-state index is 0.399. The second-order valence-corrected chi connectivity index (χ2v) is 7.52. The van der Waals surface area contributed by atoms with Crippen LogP contribution in [-0.4, -0.2) is 6.04 Å². The van der Waals surface area contributed by atoms with Gasteiger partial charge in [0, 0.05) is 6.04 Å². The van der Waals surface area contributed by atoms with Gasteiger partial charge in [-0.05, 0) is 41.9 Å². The lowest BCUT2D eigenvalue weighted by molar-refractivity contribution is 0.0264. The highest BCUT2D eigenvalue weighted by Crippen LogP contribution is 2.48. The van der Waals surface area contributed by atoms with Crippen LogP contribution in [0, 0.1) is 22.7 Å². The Morgan fingerprint density at radius 2 is 1.27 bits per heavy atom. The highest BCUT2D eigenvalue weighted by molar-refractivity contribution is 4.92. The van der Waals surface area contributed by atoms with E-state index in [-0.39, 0.29) is 0 Å². The summed E-state index contributed by atoms with van der Waals surface area (Å²) >= 11 is 0. The van der Waals surface area contributed by atoms with Crippen molar-refractivity contribution in [3.63, 3.8) is 0 Å². The molecule has 3 unspecified atom stereocenters. The maximum absolute atomic E-state index is 6.13. The van der Waals surface area contributed by atoms with Gasteiger partial charge in [0.25, 0.3) is 0 Å². The molecule has 1 heteroatoms. The molecule has 0 bridgehead atoms. The topological polar surface area (TPSA) is 26.0 Å². The predicted molar refractivity (Wildman–Crippen MR) is 67.7 cm³/mol. The molecular formula is C14H29N. The Labute approximate surface area is 95.8 Å². The van der Waals surface area contributed by atoms with E-state index in [1.165, 1.54) is 19.3 Å². The van der Waals surface area contributed by atoms with Crippen LogP contribution in [-0.2, 0) is 0 Å². The molecular weight excluding hydrogens is 182 g/mol. The van der Waals surface area contributed by atoms with Crippen molar-refractivity contribution in [3.8, 4) is 0 Å². The van der Waals surface area contributed by atoms with Gasteiger partial charge in [-0.25, -0.2) is 0 Å². The van der Waals surface area contributed by atoms with Crippen molar-refractivity contribution in [3.05, 3.63) is 0 Å². The van der Waals surface area contributed by atoms with Crippen LogP contribution in [0.3, 0.4) is 0 Å². The van der Waals surface area contributed by atoms with Crippen molar-refractivity contribution in [2.45, 2.75) is 66.8 Å². The molecule has 1 aliphatic rings. The highest BCUT2D eigenvalue weighted by Gasteiger charge is 2.41. The molecule has 0 heterocycles. The van der Waals surface area contributed by atoms with E-state index >= 15 is 0 Å². The maximum Gasteiger partial charge on any atom is 0.00418 e. The van der Waals surface area contributed by atoms with E-state index in [0.717, 1.165) is 11.8 Å². The van der Waals surface area contributed by atoms with Crippen molar-refractivity contribution in [2.24, 2.45) is 28.4 Å². The van der Waals surface area contributed by atoms with Gasteiger partial charge in [0.2, 0.25) is 0 Å². The third-order valence-corrected chi connectivity index (χ3v) is 4.12. The summed E-state index contributed by atoms with van der Waals surface area (Å²) in [6.45, 7) is 14.3. The molecule has 0 aliphatic heterocycles. The van der Waals surface area contributed by atoms with Crippen molar-refractivity contribution in [1.29, 1.82) is 0 Å². The molecule has 0 amide bonds. The first kappa shape index (κ1) is 13.0. The molecule has 3 atom stereocenters. The van der Waals surface area contributed by atoms with Gasteiger partial charge in [-0.1, -0.05) is 41.5 Å². The molecule has 1 nitrogen and oxygen atoms in total. The lowest BCUT2D eigenvalue weighted by atomic mass is 9.58. The van der Waals surface area contributed by atoms with Gasteiger partial charge in [-0.2, -0.15) is 0 Å². The highest BCUT2D eigenvalue weighted by atomic mass is 14.7. The zero-order valence-corrected chi connectivity index (χ0v) is 11.4. The normalized spacial score (nSPS) is 34.2. The standard InChI is InChI=1S/C14H29N/c1-13(2,3)11-8-7-10(15)9-12(11)14(4,5)6/h10-12H,7-9,15H2,1-6H3. The van der Waals surface area contributed by atoms with E-state index in [0.29, 0.717) is 16.9 Å². The van der Waals surface area contributed by atoms with Crippen molar-refractivity contribution in [2.75, 3.05) is 0 Å². The molecule has 1 aliphatic carbocycles. The molecule has 0 spiro atoms. The summed E-state index contributed by atoms with van der Waals surface area (Å²) in [6.07, 6.45) is 3.74. The molecule has 15 heavy (non-hydrogen) atoms. The Balaban J connectivity index is 2.85. The molecule has 1 saturated carbocycles. The molecule has 0 aromatic carbocycles. The maximum atomic E-state index is 6.13. The van der Waals surface area contributed by atoms with Gasteiger partial charge in [-0.15, -0.1) is 0 Å². The van der Waals surface area contributed by atoms with Crippen molar-refractivity contribution < 1.29 is 0 Å². The van der Waals surface area contributed by atoms with Crippen LogP contribution >= 0.6 is 0 Å². The van der Waals surface area contributed by atoms with Gasteiger partial charge in [-0.3, -0.25) is 0 Å². The predicted octanol–water partition coefficient (Wildman–Crippen LogP) is 3.82. The van der Waals surface area contributed by atoms with Gasteiger partial charge in [0.15, 0.2) is 0 Å². The summed E-state index contributed by atoms with van der Waals surface area (Å²) in [4.78, 5) is 0. The Kier molecular flexibility index (Phi) is 3.55. The molecule has 2 N–H and O–H groups in total. The largest absolute Gasteiger partial charge is 0.328 e. The Morgan fingerprint density at radius 1 is 0.800 bits per heavy atom.